The number of H-pyrrole nitrogens is 1. The van der Waals surface area contributed by atoms with Crippen LogP contribution in [0.5, 0.6) is 0 Å². The highest BCUT2D eigenvalue weighted by atomic mass is 35.5. The lowest BCUT2D eigenvalue weighted by molar-refractivity contribution is -0.130. The summed E-state index contributed by atoms with van der Waals surface area (Å²) < 4.78 is 0.630. The predicted octanol–water partition coefficient (Wildman–Crippen LogP) is 2.97. The van der Waals surface area contributed by atoms with Crippen LogP contribution in [0.4, 0.5) is 0 Å². The lowest BCUT2D eigenvalue weighted by Gasteiger charge is -2.33. The van der Waals surface area contributed by atoms with Gasteiger partial charge >= 0.3 is 0 Å². The van der Waals surface area contributed by atoms with Crippen molar-refractivity contribution in [3.8, 4) is 10.4 Å². The first-order chi connectivity index (χ1) is 13.0. The molecule has 27 heavy (non-hydrogen) atoms. The number of amides is 1. The van der Waals surface area contributed by atoms with Gasteiger partial charge in [0.05, 0.1) is 12.1 Å². The predicted molar refractivity (Wildman–Crippen MR) is 108 cm³/mol. The van der Waals surface area contributed by atoms with Gasteiger partial charge in [-0.25, -0.2) is 4.98 Å². The summed E-state index contributed by atoms with van der Waals surface area (Å²) in [6.07, 6.45) is 0. The summed E-state index contributed by atoms with van der Waals surface area (Å²) in [5, 5.41) is 0.683. The maximum absolute atomic E-state index is 12.5. The van der Waals surface area contributed by atoms with Gasteiger partial charge in [0.1, 0.15) is 10.5 Å². The summed E-state index contributed by atoms with van der Waals surface area (Å²) in [6.45, 7) is 5.14. The summed E-state index contributed by atoms with van der Waals surface area (Å²) in [6, 6.07) is 9.51. The number of aromatic nitrogens is 2. The Morgan fingerprint density at radius 1 is 1.22 bits per heavy atom. The summed E-state index contributed by atoms with van der Waals surface area (Å²) >= 11 is 7.39. The molecule has 0 atom stereocenters. The van der Waals surface area contributed by atoms with Crippen LogP contribution in [0.1, 0.15) is 12.7 Å². The lowest BCUT2D eigenvalue weighted by Crippen LogP contribution is -2.47. The standard InChI is InChI=1S/C19H19ClN4O2S/c1-12(25)24-8-6-23(7-9-24)11-17-21-15-10-16(27-18(15)19(26)22-17)13-2-4-14(20)5-3-13/h2-5,10H,6-9,11H2,1H3,(H,21,22,26). The molecule has 4 rings (SSSR count). The minimum Gasteiger partial charge on any atom is -0.340 e. The normalized spacial score (nSPS) is 15.4. The van der Waals surface area contributed by atoms with Crippen LogP contribution in [0.15, 0.2) is 35.1 Å². The van der Waals surface area contributed by atoms with E-state index in [-0.39, 0.29) is 11.5 Å². The second-order valence-electron chi connectivity index (χ2n) is 6.63. The molecule has 6 nitrogen and oxygen atoms in total. The molecule has 1 saturated heterocycles. The number of piperazine rings is 1. The van der Waals surface area contributed by atoms with E-state index in [0.29, 0.717) is 40.7 Å². The summed E-state index contributed by atoms with van der Waals surface area (Å²) in [5.41, 5.74) is 1.62. The third kappa shape index (κ3) is 3.90. The minimum atomic E-state index is -0.109. The van der Waals surface area contributed by atoms with Crippen LogP contribution in [0.25, 0.3) is 20.7 Å². The Morgan fingerprint density at radius 2 is 1.93 bits per heavy atom. The monoisotopic (exact) mass is 402 g/mol. The second kappa shape index (κ2) is 7.42. The average Bonchev–Trinajstić information content (AvgIpc) is 3.07. The van der Waals surface area contributed by atoms with E-state index >= 15 is 0 Å². The van der Waals surface area contributed by atoms with Gasteiger partial charge < -0.3 is 9.88 Å². The third-order valence-corrected chi connectivity index (χ3v) is 6.18. The number of hydrogen-bond acceptors (Lipinski definition) is 5. The summed E-state index contributed by atoms with van der Waals surface area (Å²) in [5.74, 6) is 0.764. The van der Waals surface area contributed by atoms with Crippen LogP contribution in [0.2, 0.25) is 5.02 Å². The molecule has 2 aromatic heterocycles. The molecule has 3 heterocycles. The molecular formula is C19H19ClN4O2S. The highest BCUT2D eigenvalue weighted by molar-refractivity contribution is 7.22. The number of hydrogen-bond donors (Lipinski definition) is 1. The number of benzene rings is 1. The molecule has 140 valence electrons. The van der Waals surface area contributed by atoms with Crippen LogP contribution in [0, 0.1) is 0 Å². The summed E-state index contributed by atoms with van der Waals surface area (Å²) in [4.78, 5) is 36.5. The molecule has 0 radical (unpaired) electrons. The number of carbonyl (C=O) groups is 1. The van der Waals surface area contributed by atoms with Crippen molar-refractivity contribution in [2.24, 2.45) is 0 Å². The first-order valence-electron chi connectivity index (χ1n) is 8.76. The van der Waals surface area contributed by atoms with Crippen molar-refractivity contribution >= 4 is 39.1 Å². The number of rotatable bonds is 3. The highest BCUT2D eigenvalue weighted by Gasteiger charge is 2.19. The van der Waals surface area contributed by atoms with E-state index in [0.717, 1.165) is 23.5 Å². The molecule has 0 aliphatic carbocycles. The van der Waals surface area contributed by atoms with E-state index in [1.165, 1.54) is 11.3 Å². The molecule has 3 aromatic rings. The Bertz CT molecular complexity index is 1040. The average molecular weight is 403 g/mol. The van der Waals surface area contributed by atoms with E-state index < -0.39 is 0 Å². The van der Waals surface area contributed by atoms with E-state index in [1.807, 2.05) is 35.2 Å². The van der Waals surface area contributed by atoms with Crippen LogP contribution in [-0.2, 0) is 11.3 Å². The molecule has 0 unspecified atom stereocenters. The van der Waals surface area contributed by atoms with Gasteiger partial charge in [-0.3, -0.25) is 14.5 Å². The zero-order chi connectivity index (χ0) is 19.0. The first kappa shape index (κ1) is 18.2. The summed E-state index contributed by atoms with van der Waals surface area (Å²) in [7, 11) is 0. The molecule has 1 aliphatic heterocycles. The maximum atomic E-state index is 12.5. The Hall–Kier alpha value is -2.22. The molecule has 0 spiro atoms. The fourth-order valence-electron chi connectivity index (χ4n) is 3.25. The SMILES string of the molecule is CC(=O)N1CCN(Cc2nc3cc(-c4ccc(Cl)cc4)sc3c(=O)[nH]2)CC1. The number of nitrogens with one attached hydrogen (secondary N) is 1. The van der Waals surface area contributed by atoms with Crippen molar-refractivity contribution in [1.82, 2.24) is 19.8 Å². The molecule has 0 bridgehead atoms. The number of thiophene rings is 1. The highest BCUT2D eigenvalue weighted by Crippen LogP contribution is 2.31. The smallest absolute Gasteiger partial charge is 0.268 e. The van der Waals surface area contributed by atoms with Crippen LogP contribution in [0.3, 0.4) is 0 Å². The van der Waals surface area contributed by atoms with Gasteiger partial charge in [-0.05, 0) is 23.8 Å². The van der Waals surface area contributed by atoms with Gasteiger partial charge in [0.2, 0.25) is 5.91 Å². The fraction of sp³-hybridized carbons (Fsp3) is 0.316. The van der Waals surface area contributed by atoms with E-state index in [4.69, 9.17) is 11.6 Å². The molecule has 1 N–H and O–H groups in total. The molecule has 8 heteroatoms. The number of fused-ring (bicyclic) bond motifs is 1. The van der Waals surface area contributed by atoms with Gasteiger partial charge in [-0.1, -0.05) is 23.7 Å². The van der Waals surface area contributed by atoms with Crippen molar-refractivity contribution in [1.29, 1.82) is 0 Å². The van der Waals surface area contributed by atoms with Gasteiger partial charge in [-0.2, -0.15) is 0 Å². The van der Waals surface area contributed by atoms with Crippen molar-refractivity contribution in [2.45, 2.75) is 13.5 Å². The van der Waals surface area contributed by atoms with Gasteiger partial charge in [0, 0.05) is 43.0 Å². The van der Waals surface area contributed by atoms with Crippen LogP contribution in [-0.4, -0.2) is 51.9 Å². The van der Waals surface area contributed by atoms with E-state index in [9.17, 15) is 9.59 Å². The van der Waals surface area contributed by atoms with Crippen molar-refractivity contribution in [3.63, 3.8) is 0 Å². The van der Waals surface area contributed by atoms with Gasteiger partial charge in [0.25, 0.3) is 5.56 Å². The third-order valence-electron chi connectivity index (χ3n) is 4.75. The minimum absolute atomic E-state index is 0.107. The Labute approximate surface area is 165 Å². The van der Waals surface area contributed by atoms with Crippen molar-refractivity contribution in [2.75, 3.05) is 26.2 Å². The van der Waals surface area contributed by atoms with Crippen molar-refractivity contribution in [3.05, 3.63) is 51.5 Å². The van der Waals surface area contributed by atoms with Gasteiger partial charge in [0.15, 0.2) is 0 Å². The lowest BCUT2D eigenvalue weighted by atomic mass is 10.2. The maximum Gasteiger partial charge on any atom is 0.268 e. The Balaban J connectivity index is 1.56. The second-order valence-corrected chi connectivity index (χ2v) is 8.12. The molecule has 1 aliphatic rings. The molecule has 1 fully saturated rings. The quantitative estimate of drug-likeness (QED) is 0.731. The number of halogens is 1. The molecule has 1 amide bonds. The molecular weight excluding hydrogens is 384 g/mol. The zero-order valence-electron chi connectivity index (χ0n) is 14.9. The number of aromatic amines is 1. The van der Waals surface area contributed by atoms with Crippen LogP contribution >= 0.6 is 22.9 Å². The van der Waals surface area contributed by atoms with Crippen molar-refractivity contribution < 1.29 is 4.79 Å². The van der Waals surface area contributed by atoms with E-state index in [1.54, 1.807) is 6.92 Å². The fourth-order valence-corrected chi connectivity index (χ4v) is 4.38. The largest absolute Gasteiger partial charge is 0.340 e. The molecule has 1 aromatic carbocycles. The topological polar surface area (TPSA) is 69.3 Å². The Morgan fingerprint density at radius 3 is 2.59 bits per heavy atom. The number of carbonyl (C=O) groups excluding carboxylic acids is 1. The van der Waals surface area contributed by atoms with Gasteiger partial charge in [-0.15, -0.1) is 11.3 Å². The number of nitrogens with zero attached hydrogens (tertiary/aromatic N) is 3. The first-order valence-corrected chi connectivity index (χ1v) is 9.95. The Kier molecular flexibility index (Phi) is 4.99. The molecule has 0 saturated carbocycles. The van der Waals surface area contributed by atoms with E-state index in [2.05, 4.69) is 14.9 Å². The van der Waals surface area contributed by atoms with Crippen LogP contribution < -0.4 is 5.56 Å². The zero-order valence-corrected chi connectivity index (χ0v) is 16.4.